The lowest BCUT2D eigenvalue weighted by Crippen LogP contribution is -2.27. The predicted molar refractivity (Wildman–Crippen MR) is 78.9 cm³/mol. The first-order chi connectivity index (χ1) is 9.33. The van der Waals surface area contributed by atoms with Crippen molar-refractivity contribution in [2.24, 2.45) is 0 Å². The highest BCUT2D eigenvalue weighted by molar-refractivity contribution is 5.26. The molecule has 0 aliphatic carbocycles. The summed E-state index contributed by atoms with van der Waals surface area (Å²) in [4.78, 5) is 0. The molecule has 2 N–H and O–H groups in total. The molecule has 0 radical (unpaired) electrons. The molecule has 0 amide bonds. The summed E-state index contributed by atoms with van der Waals surface area (Å²) in [5, 5.41) is 14.0. The van der Waals surface area contributed by atoms with Gasteiger partial charge in [-0.1, -0.05) is 67.6 Å². The smallest absolute Gasteiger partial charge is 0.0984 e. The highest BCUT2D eigenvalue weighted by Gasteiger charge is 2.21. The number of rotatable bonds is 6. The fraction of sp³-hybridized carbons (Fsp3) is 0.294. The van der Waals surface area contributed by atoms with Crippen LogP contribution in [0.4, 0.5) is 0 Å². The number of aliphatic hydroxyl groups is 1. The number of hydrogen-bond acceptors (Lipinski definition) is 2. The second kappa shape index (κ2) is 7.07. The zero-order chi connectivity index (χ0) is 13.5. The van der Waals surface area contributed by atoms with Gasteiger partial charge in [0.05, 0.1) is 12.1 Å². The Hall–Kier alpha value is -1.64. The Morgan fingerprint density at radius 3 is 1.95 bits per heavy atom. The van der Waals surface area contributed by atoms with Crippen LogP contribution in [0.1, 0.15) is 36.6 Å². The zero-order valence-corrected chi connectivity index (χ0v) is 11.3. The normalized spacial score (nSPS) is 14.0. The standard InChI is InChI=1S/C17H21NO/c1-2-13-18-16(14-9-5-3-6-10-14)17(19)15-11-7-4-8-12-15/h3-12,16-19H,2,13H2,1H3/t16-,17-/m1/s1. The molecule has 2 aromatic carbocycles. The van der Waals surface area contributed by atoms with Gasteiger partial charge in [0.2, 0.25) is 0 Å². The maximum atomic E-state index is 10.6. The Labute approximate surface area is 115 Å². The van der Waals surface area contributed by atoms with E-state index in [2.05, 4.69) is 24.4 Å². The van der Waals surface area contributed by atoms with Crippen molar-refractivity contribution in [2.45, 2.75) is 25.5 Å². The summed E-state index contributed by atoms with van der Waals surface area (Å²) in [5.74, 6) is 0. The number of benzene rings is 2. The van der Waals surface area contributed by atoms with E-state index in [0.29, 0.717) is 0 Å². The summed E-state index contributed by atoms with van der Waals surface area (Å²) >= 11 is 0. The van der Waals surface area contributed by atoms with Gasteiger partial charge in [-0.2, -0.15) is 0 Å². The van der Waals surface area contributed by atoms with Gasteiger partial charge in [0.25, 0.3) is 0 Å². The lowest BCUT2D eigenvalue weighted by atomic mass is 9.96. The Balaban J connectivity index is 2.22. The lowest BCUT2D eigenvalue weighted by molar-refractivity contribution is 0.129. The summed E-state index contributed by atoms with van der Waals surface area (Å²) in [6, 6.07) is 19.9. The third kappa shape index (κ3) is 3.66. The Morgan fingerprint density at radius 1 is 0.895 bits per heavy atom. The molecule has 0 aliphatic rings. The average molecular weight is 255 g/mol. The van der Waals surface area contributed by atoms with Gasteiger partial charge < -0.3 is 10.4 Å². The molecule has 0 bridgehead atoms. The summed E-state index contributed by atoms with van der Waals surface area (Å²) in [6.45, 7) is 3.02. The minimum Gasteiger partial charge on any atom is -0.386 e. The minimum atomic E-state index is -0.532. The van der Waals surface area contributed by atoms with Crippen molar-refractivity contribution in [3.05, 3.63) is 71.8 Å². The maximum absolute atomic E-state index is 10.6. The first-order valence-electron chi connectivity index (χ1n) is 6.84. The summed E-state index contributed by atoms with van der Waals surface area (Å²) < 4.78 is 0. The minimum absolute atomic E-state index is 0.0662. The van der Waals surface area contributed by atoms with E-state index in [0.717, 1.165) is 24.1 Å². The van der Waals surface area contributed by atoms with Crippen molar-refractivity contribution >= 4 is 0 Å². The first-order valence-corrected chi connectivity index (χ1v) is 6.84. The third-order valence-electron chi connectivity index (χ3n) is 3.23. The molecule has 19 heavy (non-hydrogen) atoms. The van der Waals surface area contributed by atoms with Crippen molar-refractivity contribution in [3.63, 3.8) is 0 Å². The molecule has 2 heteroatoms. The monoisotopic (exact) mass is 255 g/mol. The van der Waals surface area contributed by atoms with Crippen LogP contribution in [-0.2, 0) is 0 Å². The van der Waals surface area contributed by atoms with Gasteiger partial charge in [-0.25, -0.2) is 0 Å². The van der Waals surface area contributed by atoms with Crippen LogP contribution >= 0.6 is 0 Å². The maximum Gasteiger partial charge on any atom is 0.0984 e. The van der Waals surface area contributed by atoms with Gasteiger partial charge >= 0.3 is 0 Å². The molecule has 0 saturated carbocycles. The molecule has 0 aliphatic heterocycles. The topological polar surface area (TPSA) is 32.3 Å². The summed E-state index contributed by atoms with van der Waals surface area (Å²) in [7, 11) is 0. The fourth-order valence-electron chi connectivity index (χ4n) is 2.21. The predicted octanol–water partition coefficient (Wildman–Crippen LogP) is 3.46. The number of hydrogen-bond donors (Lipinski definition) is 2. The Morgan fingerprint density at radius 2 is 1.42 bits per heavy atom. The summed E-state index contributed by atoms with van der Waals surface area (Å²) in [5.41, 5.74) is 2.06. The van der Waals surface area contributed by atoms with Gasteiger partial charge in [0.1, 0.15) is 0 Å². The number of nitrogens with one attached hydrogen (secondary N) is 1. The van der Waals surface area contributed by atoms with E-state index < -0.39 is 6.10 Å². The van der Waals surface area contributed by atoms with Crippen molar-refractivity contribution < 1.29 is 5.11 Å². The van der Waals surface area contributed by atoms with E-state index in [4.69, 9.17) is 0 Å². The van der Waals surface area contributed by atoms with E-state index in [1.807, 2.05) is 48.5 Å². The van der Waals surface area contributed by atoms with Gasteiger partial charge in [-0.15, -0.1) is 0 Å². The first kappa shape index (κ1) is 13.8. The van der Waals surface area contributed by atoms with E-state index in [1.54, 1.807) is 0 Å². The molecular weight excluding hydrogens is 234 g/mol. The molecule has 0 fully saturated rings. The molecule has 100 valence electrons. The molecule has 2 aromatic rings. The Bertz CT molecular complexity index is 469. The molecule has 0 saturated heterocycles. The average Bonchev–Trinajstić information content (AvgIpc) is 2.49. The second-order valence-corrected chi connectivity index (χ2v) is 4.70. The lowest BCUT2D eigenvalue weighted by Gasteiger charge is -2.25. The third-order valence-corrected chi connectivity index (χ3v) is 3.23. The van der Waals surface area contributed by atoms with Gasteiger partial charge in [-0.05, 0) is 24.1 Å². The van der Waals surface area contributed by atoms with Crippen LogP contribution in [0.15, 0.2) is 60.7 Å². The van der Waals surface area contributed by atoms with E-state index in [-0.39, 0.29) is 6.04 Å². The zero-order valence-electron chi connectivity index (χ0n) is 11.3. The van der Waals surface area contributed by atoms with Crippen LogP contribution in [-0.4, -0.2) is 11.7 Å². The molecule has 2 atom stereocenters. The van der Waals surface area contributed by atoms with Crippen molar-refractivity contribution in [1.29, 1.82) is 0 Å². The Kier molecular flexibility index (Phi) is 5.13. The molecule has 0 spiro atoms. The molecule has 0 heterocycles. The molecule has 0 aromatic heterocycles. The van der Waals surface area contributed by atoms with Crippen molar-refractivity contribution in [2.75, 3.05) is 6.54 Å². The molecule has 0 unspecified atom stereocenters. The van der Waals surface area contributed by atoms with Crippen LogP contribution < -0.4 is 5.32 Å². The highest BCUT2D eigenvalue weighted by Crippen LogP contribution is 2.28. The SMILES string of the molecule is CCCN[C@H](c1ccccc1)[C@H](O)c1ccccc1. The van der Waals surface area contributed by atoms with Crippen molar-refractivity contribution in [3.8, 4) is 0 Å². The van der Waals surface area contributed by atoms with Crippen LogP contribution in [0.25, 0.3) is 0 Å². The molecule has 2 rings (SSSR count). The van der Waals surface area contributed by atoms with Crippen LogP contribution in [0.3, 0.4) is 0 Å². The van der Waals surface area contributed by atoms with Gasteiger partial charge in [-0.3, -0.25) is 0 Å². The quantitative estimate of drug-likeness (QED) is 0.828. The van der Waals surface area contributed by atoms with Crippen LogP contribution in [0.2, 0.25) is 0 Å². The van der Waals surface area contributed by atoms with E-state index >= 15 is 0 Å². The van der Waals surface area contributed by atoms with E-state index in [9.17, 15) is 5.11 Å². The fourth-order valence-corrected chi connectivity index (χ4v) is 2.21. The van der Waals surface area contributed by atoms with Crippen LogP contribution in [0, 0.1) is 0 Å². The summed E-state index contributed by atoms with van der Waals surface area (Å²) in [6.07, 6.45) is 0.514. The van der Waals surface area contributed by atoms with Gasteiger partial charge in [0.15, 0.2) is 0 Å². The molecular formula is C17H21NO. The highest BCUT2D eigenvalue weighted by atomic mass is 16.3. The van der Waals surface area contributed by atoms with Crippen molar-refractivity contribution in [1.82, 2.24) is 5.32 Å². The van der Waals surface area contributed by atoms with Crippen LogP contribution in [0.5, 0.6) is 0 Å². The second-order valence-electron chi connectivity index (χ2n) is 4.70. The van der Waals surface area contributed by atoms with E-state index in [1.165, 1.54) is 0 Å². The number of aliphatic hydroxyl groups excluding tert-OH is 1. The largest absolute Gasteiger partial charge is 0.386 e. The molecule has 2 nitrogen and oxygen atoms in total. The van der Waals surface area contributed by atoms with Gasteiger partial charge in [0, 0.05) is 0 Å².